The fourth-order valence-electron chi connectivity index (χ4n) is 1.08. The summed E-state index contributed by atoms with van der Waals surface area (Å²) < 4.78 is 5.41. The Morgan fingerprint density at radius 1 is 1.67 bits per heavy atom. The minimum absolute atomic E-state index is 0.0326. The van der Waals surface area contributed by atoms with Crippen molar-refractivity contribution < 1.29 is 20.0 Å². The molecule has 82 valence electrons. The van der Waals surface area contributed by atoms with Crippen LogP contribution >= 0.6 is 22.6 Å². The first-order chi connectivity index (χ1) is 6.97. The maximum Gasteiger partial charge on any atom is 0.252 e. The summed E-state index contributed by atoms with van der Waals surface area (Å²) in [5.41, 5.74) is 5.19. The molecule has 0 aliphatic carbocycles. The van der Waals surface area contributed by atoms with E-state index in [0.717, 1.165) is 0 Å². The Morgan fingerprint density at radius 2 is 2.27 bits per heavy atom. The molecule has 7 heteroatoms. The number of primary amides is 1. The van der Waals surface area contributed by atoms with E-state index in [9.17, 15) is 10.0 Å². The first-order valence-corrected chi connectivity index (χ1v) is 4.96. The van der Waals surface area contributed by atoms with Gasteiger partial charge in [-0.05, 0) is 22.6 Å². The van der Waals surface area contributed by atoms with Gasteiger partial charge in [-0.1, -0.05) is 0 Å². The van der Waals surface area contributed by atoms with E-state index < -0.39 is 11.1 Å². The number of amides is 1. The van der Waals surface area contributed by atoms with Gasteiger partial charge in [-0.3, -0.25) is 4.79 Å². The van der Waals surface area contributed by atoms with Crippen molar-refractivity contribution in [2.75, 3.05) is 7.11 Å². The Bertz CT molecular complexity index is 394. The highest BCUT2D eigenvalue weighted by molar-refractivity contribution is 14.1. The van der Waals surface area contributed by atoms with Crippen molar-refractivity contribution in [1.29, 1.82) is 0 Å². The fraction of sp³-hybridized carbons (Fsp3) is 0.125. The molecule has 0 saturated heterocycles. The van der Waals surface area contributed by atoms with Crippen LogP contribution in [0, 0.1) is 8.78 Å². The highest BCUT2D eigenvalue weighted by Gasteiger charge is 2.16. The first-order valence-electron chi connectivity index (χ1n) is 3.88. The number of hydrogen-bond donors (Lipinski definition) is 3. The van der Waals surface area contributed by atoms with E-state index >= 15 is 0 Å². The molecule has 6 nitrogen and oxygen atoms in total. The Balaban J connectivity index is 3.37. The summed E-state index contributed by atoms with van der Waals surface area (Å²) in [6, 6.07) is 2.68. The highest BCUT2D eigenvalue weighted by Crippen LogP contribution is 2.25. The van der Waals surface area contributed by atoms with Crippen LogP contribution in [-0.4, -0.2) is 18.2 Å². The smallest absolute Gasteiger partial charge is 0.252 e. The molecule has 0 spiro atoms. The van der Waals surface area contributed by atoms with Crippen LogP contribution in [0.5, 0.6) is 5.75 Å². The van der Waals surface area contributed by atoms with Gasteiger partial charge in [0.05, 0.1) is 16.2 Å². The molecule has 0 aliphatic rings. The summed E-state index contributed by atoms with van der Waals surface area (Å²) in [6.07, 6.45) is 0. The van der Waals surface area contributed by atoms with Crippen LogP contribution in [0.15, 0.2) is 12.1 Å². The quantitative estimate of drug-likeness (QED) is 0.530. The lowest BCUT2D eigenvalue weighted by Crippen LogP contribution is -2.99. The number of halogens is 1. The van der Waals surface area contributed by atoms with E-state index in [1.807, 2.05) is 22.6 Å². The summed E-state index contributed by atoms with van der Waals surface area (Å²) in [4.78, 5) is 11.0. The van der Waals surface area contributed by atoms with Gasteiger partial charge in [-0.2, -0.15) is 5.23 Å². The van der Waals surface area contributed by atoms with Gasteiger partial charge in [0.1, 0.15) is 5.75 Å². The predicted molar refractivity (Wildman–Crippen MR) is 60.0 cm³/mol. The number of hydrogen-bond acceptors (Lipinski definition) is 4. The summed E-state index contributed by atoms with van der Waals surface area (Å²) in [6.45, 7) is 0. The van der Waals surface area contributed by atoms with Crippen molar-refractivity contribution in [2.24, 2.45) is 5.73 Å². The zero-order valence-electron chi connectivity index (χ0n) is 7.78. The van der Waals surface area contributed by atoms with Gasteiger partial charge in [-0.25, -0.2) is 5.21 Å². The number of methoxy groups -OCH3 is 1. The van der Waals surface area contributed by atoms with Gasteiger partial charge < -0.3 is 15.7 Å². The summed E-state index contributed by atoms with van der Waals surface area (Å²) in [7, 11) is 1.39. The number of nitrogens with one attached hydrogen (secondary N) is 1. The number of carbonyl (C=O) groups is 1. The number of quaternary nitrogens is 1. The van der Waals surface area contributed by atoms with Gasteiger partial charge in [0.2, 0.25) is 0 Å². The zero-order valence-corrected chi connectivity index (χ0v) is 9.94. The molecule has 1 atom stereocenters. The third-order valence-corrected chi connectivity index (χ3v) is 2.68. The number of rotatable bonds is 3. The number of nitrogens with two attached hydrogens (primary N) is 1. The molecule has 1 aromatic rings. The van der Waals surface area contributed by atoms with Crippen molar-refractivity contribution in [1.82, 2.24) is 0 Å². The van der Waals surface area contributed by atoms with E-state index in [2.05, 4.69) is 0 Å². The predicted octanol–water partition coefficient (Wildman–Crippen LogP) is -0.198. The van der Waals surface area contributed by atoms with Crippen molar-refractivity contribution in [3.05, 3.63) is 26.5 Å². The molecule has 0 bridgehead atoms. The Labute approximate surface area is 99.3 Å². The largest absolute Gasteiger partial charge is 0.595 e. The third-order valence-electron chi connectivity index (χ3n) is 1.79. The molecule has 0 radical (unpaired) electrons. The summed E-state index contributed by atoms with van der Waals surface area (Å²) >= 11 is 1.85. The highest BCUT2D eigenvalue weighted by atomic mass is 127. The molecule has 1 unspecified atom stereocenters. The lowest BCUT2D eigenvalue weighted by Gasteiger charge is -2.15. The van der Waals surface area contributed by atoms with Crippen LogP contribution in [0.2, 0.25) is 0 Å². The minimum Gasteiger partial charge on any atom is -0.595 e. The van der Waals surface area contributed by atoms with Crippen LogP contribution in [-0.2, 0) is 0 Å². The Morgan fingerprint density at radius 3 is 2.67 bits per heavy atom. The number of benzene rings is 1. The van der Waals surface area contributed by atoms with E-state index in [-0.39, 0.29) is 17.0 Å². The van der Waals surface area contributed by atoms with Crippen molar-refractivity contribution in [3.63, 3.8) is 0 Å². The molecule has 0 aromatic heterocycles. The van der Waals surface area contributed by atoms with Crippen LogP contribution in [0.25, 0.3) is 0 Å². The molecule has 0 saturated carbocycles. The Hall–Kier alpha value is -0.900. The average Bonchev–Trinajstić information content (AvgIpc) is 2.16. The monoisotopic (exact) mass is 324 g/mol. The maximum absolute atomic E-state index is 11.0. The lowest BCUT2D eigenvalue weighted by atomic mass is 10.1. The molecule has 15 heavy (non-hydrogen) atoms. The van der Waals surface area contributed by atoms with E-state index in [1.54, 1.807) is 0 Å². The SMILES string of the molecule is COc1cc(I)c([NH+]([O-])O)cc1C(N)=O. The molecule has 4 N–H and O–H groups in total. The molecule has 1 rings (SSSR count). The third kappa shape index (κ3) is 2.56. The van der Waals surface area contributed by atoms with Crippen molar-refractivity contribution in [3.8, 4) is 5.75 Å². The molecular formula is C8H9IN2O4. The molecule has 0 fully saturated rings. The second kappa shape index (κ2) is 4.75. The number of ether oxygens (including phenoxy) is 1. The summed E-state index contributed by atoms with van der Waals surface area (Å²) in [5, 5.41) is 18.5. The summed E-state index contributed by atoms with van der Waals surface area (Å²) in [5.74, 6) is -0.442. The molecule has 0 heterocycles. The zero-order chi connectivity index (χ0) is 11.6. The first kappa shape index (κ1) is 12.2. The van der Waals surface area contributed by atoms with Gasteiger partial charge in [0.25, 0.3) is 5.91 Å². The van der Waals surface area contributed by atoms with Crippen LogP contribution in [0.4, 0.5) is 5.69 Å². The Kier molecular flexibility index (Phi) is 3.85. The number of carbonyl (C=O) groups excluding carboxylic acids is 1. The van der Waals surface area contributed by atoms with Gasteiger partial charge in [-0.15, -0.1) is 0 Å². The van der Waals surface area contributed by atoms with Crippen LogP contribution < -0.4 is 15.7 Å². The maximum atomic E-state index is 11.0. The van der Waals surface area contributed by atoms with Crippen molar-refractivity contribution in [2.45, 2.75) is 0 Å². The van der Waals surface area contributed by atoms with E-state index in [0.29, 0.717) is 3.57 Å². The lowest BCUT2D eigenvalue weighted by molar-refractivity contribution is -0.991. The minimum atomic E-state index is -1.11. The topological polar surface area (TPSA) is 100 Å². The molecule has 0 aliphatic heterocycles. The second-order valence-corrected chi connectivity index (χ2v) is 3.86. The van der Waals surface area contributed by atoms with Crippen molar-refractivity contribution >= 4 is 34.2 Å². The molecule has 1 aromatic carbocycles. The van der Waals surface area contributed by atoms with E-state index in [1.165, 1.54) is 19.2 Å². The van der Waals surface area contributed by atoms with Gasteiger partial charge >= 0.3 is 0 Å². The van der Waals surface area contributed by atoms with Gasteiger partial charge in [0, 0.05) is 12.1 Å². The standard InChI is InChI=1S/C8H9IN2O4/c1-15-7-3-5(9)6(11(13)14)2-4(7)8(10)12/h2-3,11,13H,1H3,(H2,10,12). The molecular weight excluding hydrogens is 315 g/mol. The molecule has 1 amide bonds. The van der Waals surface area contributed by atoms with Gasteiger partial charge in [0.15, 0.2) is 5.69 Å². The van der Waals surface area contributed by atoms with Crippen LogP contribution in [0.3, 0.4) is 0 Å². The fourth-order valence-corrected chi connectivity index (χ4v) is 1.75. The average molecular weight is 324 g/mol. The normalized spacial score (nSPS) is 12.3. The van der Waals surface area contributed by atoms with E-state index in [4.69, 9.17) is 15.7 Å². The second-order valence-electron chi connectivity index (χ2n) is 2.70. The van der Waals surface area contributed by atoms with Crippen LogP contribution in [0.1, 0.15) is 10.4 Å².